The van der Waals surface area contributed by atoms with Crippen molar-refractivity contribution in [2.24, 2.45) is 17.2 Å². The van der Waals surface area contributed by atoms with Crippen LogP contribution in [-0.4, -0.2) is 46.2 Å². The molecule has 11 nitrogen and oxygen atoms in total. The van der Waals surface area contributed by atoms with Gasteiger partial charge in [0.2, 0.25) is 0 Å². The van der Waals surface area contributed by atoms with Gasteiger partial charge in [-0.05, 0) is 96.6 Å². The van der Waals surface area contributed by atoms with E-state index in [9.17, 15) is 0 Å². The average molecular weight is 968 g/mol. The number of amidine groups is 3. The summed E-state index contributed by atoms with van der Waals surface area (Å²) in [5.41, 5.74) is 26.9. The van der Waals surface area contributed by atoms with Crippen LogP contribution >= 0.6 is 69.3 Å². The van der Waals surface area contributed by atoms with E-state index in [4.69, 9.17) is 33.4 Å². The Morgan fingerprint density at radius 1 is 0.462 bits per heavy atom. The Kier molecular flexibility index (Phi) is 15.8. The zero-order chi connectivity index (χ0) is 45.9. The maximum Gasteiger partial charge on any atom is 0.133 e. The summed E-state index contributed by atoms with van der Waals surface area (Å²) >= 11 is 9.53. The molecule has 0 aliphatic carbocycles. The highest BCUT2D eigenvalue weighted by Gasteiger charge is 2.14. The first-order valence-corrected chi connectivity index (χ1v) is 25.9. The van der Waals surface area contributed by atoms with E-state index in [-0.39, 0.29) is 17.5 Å². The van der Waals surface area contributed by atoms with E-state index in [1.54, 1.807) is 41.5 Å². The number of nitrogens with zero attached hydrogens (tertiary/aromatic N) is 2. The summed E-state index contributed by atoms with van der Waals surface area (Å²) in [6.07, 6.45) is 9.67. The second-order valence-corrected chi connectivity index (χ2v) is 20.3. The van der Waals surface area contributed by atoms with Crippen molar-refractivity contribution in [2.45, 2.75) is 12.6 Å². The van der Waals surface area contributed by atoms with Crippen LogP contribution < -0.4 is 33.2 Å². The molecule has 0 aliphatic rings. The molecule has 0 spiro atoms. The number of hydrogen-bond acceptors (Lipinski definition) is 14. The van der Waals surface area contributed by atoms with Gasteiger partial charge in [-0.15, -0.1) is 69.3 Å². The summed E-state index contributed by atoms with van der Waals surface area (Å²) in [4.78, 5) is 11.1. The number of nitrogens with two attached hydrogens (primary N) is 3. The quantitative estimate of drug-likeness (QED) is 0.0301. The summed E-state index contributed by atoms with van der Waals surface area (Å²) < 4.78 is 3.35. The van der Waals surface area contributed by atoms with Gasteiger partial charge in [-0.1, -0.05) is 66.7 Å². The molecule has 4 aromatic carbocycles. The number of pyridine rings is 2. The molecule has 0 saturated carbocycles. The van der Waals surface area contributed by atoms with Gasteiger partial charge in [-0.25, -0.2) is 0 Å². The Morgan fingerprint density at radius 2 is 0.923 bits per heavy atom. The molecule has 65 heavy (non-hydrogen) atoms. The first-order valence-electron chi connectivity index (χ1n) is 19.7. The second kappa shape index (κ2) is 22.0. The molecule has 0 unspecified atom stereocenters. The first-order chi connectivity index (χ1) is 31.5. The topological polar surface area (TPSA) is 211 Å². The van der Waals surface area contributed by atoms with Crippen molar-refractivity contribution in [3.63, 3.8) is 0 Å². The molecule has 9 aromatic rings. The zero-order valence-corrected chi connectivity index (χ0v) is 40.3. The van der Waals surface area contributed by atoms with E-state index < -0.39 is 0 Å². The van der Waals surface area contributed by atoms with Crippen LogP contribution in [0, 0.1) is 16.2 Å². The van der Waals surface area contributed by atoms with Gasteiger partial charge in [0, 0.05) is 28.3 Å². The van der Waals surface area contributed by atoms with Crippen molar-refractivity contribution >= 4 is 143 Å². The van der Waals surface area contributed by atoms with Gasteiger partial charge in [0.1, 0.15) is 17.5 Å². The van der Waals surface area contributed by atoms with Crippen molar-refractivity contribution in [3.8, 4) is 11.1 Å². The highest BCUT2D eigenvalue weighted by molar-refractivity contribution is 8.01. The lowest BCUT2D eigenvalue weighted by Crippen LogP contribution is -2.08. The van der Waals surface area contributed by atoms with Crippen molar-refractivity contribution in [1.29, 1.82) is 16.2 Å². The molecule has 0 aliphatic heterocycles. The molecule has 17 heteroatoms. The Morgan fingerprint density at radius 3 is 1.48 bits per heavy atom. The summed E-state index contributed by atoms with van der Waals surface area (Å²) in [6, 6.07) is 44.5. The lowest BCUT2D eigenvalue weighted by molar-refractivity contribution is 1.39. The highest BCUT2D eigenvalue weighted by atomic mass is 32.2. The van der Waals surface area contributed by atoms with Gasteiger partial charge in [0.25, 0.3) is 0 Å². The average Bonchev–Trinajstić information content (AvgIpc) is 4.07. The van der Waals surface area contributed by atoms with Crippen molar-refractivity contribution in [1.82, 2.24) is 9.97 Å². The molecule has 0 atom stereocenters. The second-order valence-electron chi connectivity index (χ2n) is 13.9. The number of thioether (sulfide) groups is 3. The van der Waals surface area contributed by atoms with Gasteiger partial charge < -0.3 is 33.2 Å². The van der Waals surface area contributed by atoms with Crippen LogP contribution in [0.25, 0.3) is 32.9 Å². The molecule has 0 amide bonds. The number of thiophene rings is 3. The van der Waals surface area contributed by atoms with E-state index in [1.807, 2.05) is 122 Å². The first kappa shape index (κ1) is 46.6. The monoisotopic (exact) mass is 967 g/mol. The van der Waals surface area contributed by atoms with E-state index in [0.29, 0.717) is 0 Å². The van der Waals surface area contributed by atoms with Crippen LogP contribution in [0.3, 0.4) is 0 Å². The molecule has 5 aromatic heterocycles. The fourth-order valence-electron chi connectivity index (χ4n) is 6.40. The normalized spacial score (nSPS) is 10.6. The largest absolute Gasteiger partial charge is 0.383 e. The molecular weight excluding hydrogens is 923 g/mol. The molecule has 0 saturated heterocycles. The fraction of sp³-hybridized carbons (Fsp3) is 0.0625. The maximum atomic E-state index is 7.60. The number of rotatable bonds is 13. The minimum Gasteiger partial charge on any atom is -0.383 e. The number of benzene rings is 4. The van der Waals surface area contributed by atoms with Crippen molar-refractivity contribution in [2.75, 3.05) is 34.7 Å². The van der Waals surface area contributed by atoms with Crippen LogP contribution in [0.1, 0.15) is 14.6 Å². The summed E-state index contributed by atoms with van der Waals surface area (Å²) in [5.74, 6) is 0.308. The maximum absolute atomic E-state index is 7.60. The molecule has 328 valence electrons. The highest BCUT2D eigenvalue weighted by Crippen LogP contribution is 2.39. The van der Waals surface area contributed by atoms with Crippen molar-refractivity contribution in [3.05, 3.63) is 160 Å². The molecule has 0 bridgehead atoms. The van der Waals surface area contributed by atoms with Gasteiger partial charge in [0.15, 0.2) is 0 Å². The third kappa shape index (κ3) is 12.1. The standard InChI is InChI=1S/C18H17N3S2.2C15H14N4S2/c1-22-18-15(11-16(23-18)17(19)20)21-14-9-5-8-13(10-14)12-6-3-2-4-7-12;1-20-15-12(8-13(21-15)14(16)17)19-10-4-5-11-9(7-10)3-2-6-18-11;1-20-15-12(7-13(21-15)14(16)17)19-10-6-9-4-2-3-5-11(9)18-8-10/h2-11,21H,1H3,(H3,19,20);2*2-8,19H,1H3,(H3,16,17). The Balaban J connectivity index is 0.000000146. The van der Waals surface area contributed by atoms with E-state index in [0.717, 1.165) is 83.2 Å². The predicted molar refractivity (Wildman–Crippen MR) is 287 cm³/mol. The predicted octanol–water partition coefficient (Wildman–Crippen LogP) is 13.3. The number of nitrogen functional groups attached to an aromatic ring is 3. The fourth-order valence-corrected chi connectivity index (χ4v) is 11.3. The SMILES string of the molecule is CSc1sc(C(=N)N)cc1Nc1ccc2ncccc2c1.CSc1sc(C(=N)N)cc1Nc1cccc(-c2ccccc2)c1.CSc1sc(C(=N)N)cc1Nc1cnc2ccccc2c1. The van der Waals surface area contributed by atoms with E-state index >= 15 is 0 Å². The Bertz CT molecular complexity index is 2970. The molecule has 9 rings (SSSR count). The molecule has 5 heterocycles. The summed E-state index contributed by atoms with van der Waals surface area (Å²) in [6.45, 7) is 0. The van der Waals surface area contributed by atoms with E-state index in [1.165, 1.54) is 45.1 Å². The Hall–Kier alpha value is -6.34. The minimum atomic E-state index is 0.0972. The number of para-hydroxylation sites is 1. The van der Waals surface area contributed by atoms with Crippen LogP contribution in [0.2, 0.25) is 0 Å². The van der Waals surface area contributed by atoms with Crippen LogP contribution in [0.15, 0.2) is 158 Å². The number of aromatic nitrogens is 2. The number of anilines is 6. The molecular formula is C48H45N11S6. The van der Waals surface area contributed by atoms with Crippen LogP contribution in [0.4, 0.5) is 34.1 Å². The van der Waals surface area contributed by atoms with Gasteiger partial charge >= 0.3 is 0 Å². The minimum absolute atomic E-state index is 0.0972. The van der Waals surface area contributed by atoms with E-state index in [2.05, 4.69) is 62.3 Å². The summed E-state index contributed by atoms with van der Waals surface area (Å²) in [5, 5.41) is 35.1. The lowest BCUT2D eigenvalue weighted by Gasteiger charge is -2.08. The Labute approximate surface area is 402 Å². The summed E-state index contributed by atoms with van der Waals surface area (Å²) in [7, 11) is 0. The van der Waals surface area contributed by atoms with Gasteiger partial charge in [0.05, 0.1) is 67.2 Å². The van der Waals surface area contributed by atoms with Crippen molar-refractivity contribution < 1.29 is 0 Å². The number of fused-ring (bicyclic) bond motifs is 2. The molecule has 12 N–H and O–H groups in total. The molecule has 0 radical (unpaired) electrons. The van der Waals surface area contributed by atoms with Gasteiger partial charge in [-0.2, -0.15) is 0 Å². The van der Waals surface area contributed by atoms with Crippen LogP contribution in [-0.2, 0) is 0 Å². The van der Waals surface area contributed by atoms with Gasteiger partial charge in [-0.3, -0.25) is 26.2 Å². The van der Waals surface area contributed by atoms with Crippen LogP contribution in [0.5, 0.6) is 0 Å². The third-order valence-corrected chi connectivity index (χ3v) is 16.4. The molecule has 0 fully saturated rings. The third-order valence-electron chi connectivity index (χ3n) is 9.45. The number of hydrogen-bond donors (Lipinski definition) is 9. The smallest absolute Gasteiger partial charge is 0.133 e. The number of nitrogens with one attached hydrogen (secondary N) is 6. The lowest BCUT2D eigenvalue weighted by atomic mass is 10.1. The zero-order valence-electron chi connectivity index (χ0n) is 35.4.